The molecule has 0 aromatic heterocycles. The van der Waals surface area contributed by atoms with Crippen molar-refractivity contribution in [1.29, 1.82) is 0 Å². The molecule has 1 saturated heterocycles. The van der Waals surface area contributed by atoms with Crippen LogP contribution in [0.2, 0.25) is 0 Å². The lowest BCUT2D eigenvalue weighted by Gasteiger charge is -2.39. The number of rotatable bonds is 4. The molecule has 5 heteroatoms. The van der Waals surface area contributed by atoms with Crippen molar-refractivity contribution in [1.82, 2.24) is 4.90 Å². The lowest BCUT2D eigenvalue weighted by molar-refractivity contribution is -0.0995. The van der Waals surface area contributed by atoms with Gasteiger partial charge in [0.15, 0.2) is 0 Å². The van der Waals surface area contributed by atoms with Crippen LogP contribution in [0.25, 0.3) is 0 Å². The van der Waals surface area contributed by atoms with Crippen LogP contribution in [0.5, 0.6) is 0 Å². The SMILES string of the molecule is CC1COC(CBr)CN1CC(F)(F)c1ccccc1. The summed E-state index contributed by atoms with van der Waals surface area (Å²) in [5, 5.41) is 0.674. The zero-order valence-electron chi connectivity index (χ0n) is 10.9. The van der Waals surface area contributed by atoms with Gasteiger partial charge < -0.3 is 4.74 Å². The molecule has 2 nitrogen and oxygen atoms in total. The summed E-state index contributed by atoms with van der Waals surface area (Å²) in [5.74, 6) is -2.83. The molecular formula is C14H18BrF2NO. The normalized spacial score (nSPS) is 25.5. The summed E-state index contributed by atoms with van der Waals surface area (Å²) >= 11 is 3.34. The summed E-state index contributed by atoms with van der Waals surface area (Å²) in [6.45, 7) is 2.70. The summed E-state index contributed by atoms with van der Waals surface area (Å²) < 4.78 is 34.1. The van der Waals surface area contributed by atoms with Crippen molar-refractivity contribution in [2.45, 2.75) is 25.0 Å². The summed E-state index contributed by atoms with van der Waals surface area (Å²) in [6.07, 6.45) is -0.0113. The lowest BCUT2D eigenvalue weighted by Crippen LogP contribution is -2.52. The highest BCUT2D eigenvalue weighted by Crippen LogP contribution is 2.30. The van der Waals surface area contributed by atoms with Gasteiger partial charge in [0.05, 0.1) is 19.3 Å². The summed E-state index contributed by atoms with van der Waals surface area (Å²) in [7, 11) is 0. The Morgan fingerprint density at radius 3 is 2.68 bits per heavy atom. The maximum atomic E-state index is 14.3. The zero-order chi connectivity index (χ0) is 13.9. The molecule has 0 radical (unpaired) electrons. The molecule has 106 valence electrons. The molecule has 2 unspecified atom stereocenters. The summed E-state index contributed by atoms with van der Waals surface area (Å²) in [4.78, 5) is 1.81. The molecule has 1 aromatic carbocycles. The smallest absolute Gasteiger partial charge is 0.285 e. The van der Waals surface area contributed by atoms with E-state index in [4.69, 9.17) is 4.74 Å². The molecule has 0 saturated carbocycles. The maximum absolute atomic E-state index is 14.3. The molecule has 1 aliphatic heterocycles. The molecule has 0 aliphatic carbocycles. The second kappa shape index (κ2) is 6.29. The van der Waals surface area contributed by atoms with Crippen molar-refractivity contribution in [2.75, 3.05) is 25.0 Å². The number of benzene rings is 1. The van der Waals surface area contributed by atoms with Crippen LogP contribution in [0, 0.1) is 0 Å². The predicted octanol–water partition coefficient (Wildman–Crippen LogP) is 3.26. The minimum Gasteiger partial charge on any atom is -0.374 e. The Kier molecular flexibility index (Phi) is 4.92. The van der Waals surface area contributed by atoms with E-state index in [9.17, 15) is 8.78 Å². The molecule has 2 atom stereocenters. The number of alkyl halides is 3. The van der Waals surface area contributed by atoms with E-state index in [0.717, 1.165) is 0 Å². The van der Waals surface area contributed by atoms with Crippen molar-refractivity contribution >= 4 is 15.9 Å². The highest BCUT2D eigenvalue weighted by atomic mass is 79.9. The lowest BCUT2D eigenvalue weighted by atomic mass is 10.1. The first-order chi connectivity index (χ1) is 9.03. The Morgan fingerprint density at radius 2 is 2.05 bits per heavy atom. The number of halogens is 3. The van der Waals surface area contributed by atoms with Crippen molar-refractivity contribution in [2.24, 2.45) is 0 Å². The monoisotopic (exact) mass is 333 g/mol. The minimum absolute atomic E-state index is 0.0113. The fraction of sp³-hybridized carbons (Fsp3) is 0.571. The first-order valence-corrected chi connectivity index (χ1v) is 7.50. The minimum atomic E-state index is -2.83. The fourth-order valence-corrected chi connectivity index (χ4v) is 2.61. The quantitative estimate of drug-likeness (QED) is 0.784. The third kappa shape index (κ3) is 3.74. The Balaban J connectivity index is 2.06. The van der Waals surface area contributed by atoms with E-state index < -0.39 is 5.92 Å². The van der Waals surface area contributed by atoms with E-state index in [1.165, 1.54) is 12.1 Å². The van der Waals surface area contributed by atoms with Gasteiger partial charge in [-0.3, -0.25) is 4.90 Å². The Labute approximate surface area is 120 Å². The van der Waals surface area contributed by atoms with Crippen LogP contribution in [0.1, 0.15) is 12.5 Å². The van der Waals surface area contributed by atoms with Crippen LogP contribution < -0.4 is 0 Å². The van der Waals surface area contributed by atoms with Crippen molar-refractivity contribution in [3.05, 3.63) is 35.9 Å². The number of hydrogen-bond acceptors (Lipinski definition) is 2. The number of morpholine rings is 1. The summed E-state index contributed by atoms with van der Waals surface area (Å²) in [6, 6.07) is 8.02. The van der Waals surface area contributed by atoms with Gasteiger partial charge in [-0.2, -0.15) is 8.78 Å². The Bertz CT molecular complexity index is 402. The van der Waals surface area contributed by atoms with Crippen LogP contribution in [0.3, 0.4) is 0 Å². The predicted molar refractivity (Wildman–Crippen MR) is 74.9 cm³/mol. The second-order valence-corrected chi connectivity index (χ2v) is 5.61. The molecule has 0 N–H and O–H groups in total. The van der Waals surface area contributed by atoms with E-state index in [0.29, 0.717) is 18.5 Å². The van der Waals surface area contributed by atoms with Crippen molar-refractivity contribution in [3.8, 4) is 0 Å². The fourth-order valence-electron chi connectivity index (χ4n) is 2.22. The molecule has 0 spiro atoms. The zero-order valence-corrected chi connectivity index (χ0v) is 12.4. The number of nitrogens with zero attached hydrogens (tertiary/aromatic N) is 1. The van der Waals surface area contributed by atoms with Gasteiger partial charge in [-0.25, -0.2) is 0 Å². The molecule has 2 rings (SSSR count). The van der Waals surface area contributed by atoms with Crippen LogP contribution >= 0.6 is 15.9 Å². The van der Waals surface area contributed by atoms with Crippen LogP contribution in [-0.2, 0) is 10.7 Å². The van der Waals surface area contributed by atoms with Gasteiger partial charge in [-0.1, -0.05) is 46.3 Å². The molecule has 1 fully saturated rings. The van der Waals surface area contributed by atoms with Gasteiger partial charge in [0.25, 0.3) is 5.92 Å². The van der Waals surface area contributed by atoms with Crippen LogP contribution in [-0.4, -0.2) is 42.1 Å². The molecular weight excluding hydrogens is 316 g/mol. The second-order valence-electron chi connectivity index (χ2n) is 4.96. The van der Waals surface area contributed by atoms with Gasteiger partial charge in [0, 0.05) is 23.5 Å². The topological polar surface area (TPSA) is 12.5 Å². The molecule has 0 bridgehead atoms. The molecule has 1 aliphatic rings. The van der Waals surface area contributed by atoms with E-state index >= 15 is 0 Å². The van der Waals surface area contributed by atoms with E-state index in [-0.39, 0.29) is 24.3 Å². The highest BCUT2D eigenvalue weighted by molar-refractivity contribution is 9.09. The van der Waals surface area contributed by atoms with E-state index in [1.54, 1.807) is 18.2 Å². The molecule has 1 aromatic rings. The molecule has 1 heterocycles. The third-order valence-electron chi connectivity index (χ3n) is 3.40. The largest absolute Gasteiger partial charge is 0.374 e. The first-order valence-electron chi connectivity index (χ1n) is 6.38. The molecule has 19 heavy (non-hydrogen) atoms. The van der Waals surface area contributed by atoms with Crippen LogP contribution in [0.15, 0.2) is 30.3 Å². The van der Waals surface area contributed by atoms with Gasteiger partial charge in [0.1, 0.15) is 0 Å². The Hall–Kier alpha value is -0.520. The average Bonchev–Trinajstić information content (AvgIpc) is 2.42. The van der Waals surface area contributed by atoms with Crippen molar-refractivity contribution < 1.29 is 13.5 Å². The number of hydrogen-bond donors (Lipinski definition) is 0. The van der Waals surface area contributed by atoms with E-state index in [1.807, 2.05) is 11.8 Å². The molecule has 0 amide bonds. The van der Waals surface area contributed by atoms with Gasteiger partial charge >= 0.3 is 0 Å². The van der Waals surface area contributed by atoms with Gasteiger partial charge in [-0.15, -0.1) is 0 Å². The third-order valence-corrected chi connectivity index (χ3v) is 4.13. The first kappa shape index (κ1) is 14.9. The Morgan fingerprint density at radius 1 is 1.37 bits per heavy atom. The number of ether oxygens (including phenoxy) is 1. The van der Waals surface area contributed by atoms with Crippen LogP contribution in [0.4, 0.5) is 8.78 Å². The standard InChI is InChI=1S/C14H18BrF2NO/c1-11-9-19-13(7-15)8-18(11)10-14(16,17)12-5-3-2-4-6-12/h2-6,11,13H,7-10H2,1H3. The highest BCUT2D eigenvalue weighted by Gasteiger charge is 2.37. The summed E-state index contributed by atoms with van der Waals surface area (Å²) in [5.41, 5.74) is 0.0732. The van der Waals surface area contributed by atoms with Crippen molar-refractivity contribution in [3.63, 3.8) is 0 Å². The van der Waals surface area contributed by atoms with E-state index in [2.05, 4.69) is 15.9 Å². The van der Waals surface area contributed by atoms with Gasteiger partial charge in [0.2, 0.25) is 0 Å². The van der Waals surface area contributed by atoms with Gasteiger partial charge in [-0.05, 0) is 6.92 Å². The maximum Gasteiger partial charge on any atom is 0.285 e. The average molecular weight is 334 g/mol.